The van der Waals surface area contributed by atoms with Gasteiger partial charge in [-0.25, -0.2) is 0 Å². The fourth-order valence-electron chi connectivity index (χ4n) is 7.89. The van der Waals surface area contributed by atoms with Crippen molar-refractivity contribution in [3.05, 3.63) is 70.0 Å². The van der Waals surface area contributed by atoms with Gasteiger partial charge in [-0.1, -0.05) is 30.9 Å². The number of ether oxygens (including phenoxy) is 1. The van der Waals surface area contributed by atoms with E-state index in [1.54, 1.807) is 36.3 Å². The number of carbonyl (C=O) groups excluding carboxylic acids is 4. The Hall–Kier alpha value is -3.74. The van der Waals surface area contributed by atoms with Gasteiger partial charge in [-0.2, -0.15) is 0 Å². The van der Waals surface area contributed by atoms with Gasteiger partial charge in [-0.3, -0.25) is 24.1 Å². The van der Waals surface area contributed by atoms with Gasteiger partial charge in [0, 0.05) is 40.7 Å². The van der Waals surface area contributed by atoms with Crippen LogP contribution in [0.4, 0.5) is 0 Å². The minimum Gasteiger partial charge on any atom is -0.508 e. The van der Waals surface area contributed by atoms with Crippen LogP contribution in [0.3, 0.4) is 0 Å². The number of hydrogen-bond acceptors (Lipinski definition) is 6. The van der Waals surface area contributed by atoms with Gasteiger partial charge in [0.25, 0.3) is 0 Å². The second-order valence-electron chi connectivity index (χ2n) is 11.8. The third-order valence-corrected chi connectivity index (χ3v) is 9.69. The normalized spacial score (nSPS) is 30.6. The Morgan fingerprint density at radius 3 is 2.59 bits per heavy atom. The Morgan fingerprint density at radius 2 is 1.79 bits per heavy atom. The molecular weight excluding hydrogens is 494 g/mol. The quantitative estimate of drug-likeness (QED) is 0.347. The topological polar surface area (TPSA) is 101 Å². The number of rotatable bonds is 2. The van der Waals surface area contributed by atoms with Crippen LogP contribution in [0.2, 0.25) is 0 Å². The van der Waals surface area contributed by atoms with E-state index >= 15 is 0 Å². The molecule has 1 aromatic rings. The lowest BCUT2D eigenvalue weighted by Gasteiger charge is -2.43. The maximum atomic E-state index is 14.0. The SMILES string of the molecule is CC1=CC(=O)C2=C(C1=O)[C@@H](C1=COc3ccc(O)cc3C1)C1=CC[C@@H]3C(=O)N(C4CCCCC4)C(=O)[C@@H]3[C@@H]1C2. The second kappa shape index (κ2) is 8.90. The van der Waals surface area contributed by atoms with E-state index in [4.69, 9.17) is 4.74 Å². The number of ketones is 2. The average molecular weight is 526 g/mol. The zero-order valence-electron chi connectivity index (χ0n) is 21.9. The van der Waals surface area contributed by atoms with Crippen LogP contribution >= 0.6 is 0 Å². The molecule has 7 heteroatoms. The predicted molar refractivity (Wildman–Crippen MR) is 141 cm³/mol. The summed E-state index contributed by atoms with van der Waals surface area (Å²) in [4.78, 5) is 56.1. The first-order valence-corrected chi connectivity index (χ1v) is 14.1. The van der Waals surface area contributed by atoms with Crippen LogP contribution < -0.4 is 4.74 Å². The van der Waals surface area contributed by atoms with Crippen molar-refractivity contribution >= 4 is 23.4 Å². The highest BCUT2D eigenvalue weighted by Gasteiger charge is 2.57. The number of aromatic hydroxyl groups is 1. The molecule has 4 aliphatic carbocycles. The fourth-order valence-corrected chi connectivity index (χ4v) is 7.89. The number of likely N-dealkylation sites (tertiary alicyclic amines) is 1. The van der Waals surface area contributed by atoms with E-state index in [9.17, 15) is 24.3 Å². The van der Waals surface area contributed by atoms with Crippen molar-refractivity contribution in [2.75, 3.05) is 0 Å². The van der Waals surface area contributed by atoms with Gasteiger partial charge in [-0.05, 0) is 68.4 Å². The number of carbonyl (C=O) groups is 4. The zero-order valence-corrected chi connectivity index (χ0v) is 21.9. The van der Waals surface area contributed by atoms with Crippen molar-refractivity contribution in [1.29, 1.82) is 0 Å². The van der Waals surface area contributed by atoms with Crippen LogP contribution in [0.25, 0.3) is 0 Å². The van der Waals surface area contributed by atoms with Crippen LogP contribution in [0.15, 0.2) is 64.5 Å². The molecule has 7 rings (SSSR count). The summed E-state index contributed by atoms with van der Waals surface area (Å²) >= 11 is 0. The van der Waals surface area contributed by atoms with Crippen molar-refractivity contribution in [2.45, 2.75) is 64.3 Å². The first-order chi connectivity index (χ1) is 18.8. The van der Waals surface area contributed by atoms with E-state index in [2.05, 4.69) is 6.08 Å². The number of Topliss-reactive ketones (excluding diaryl/α,β-unsaturated/α-hetero) is 1. The molecule has 0 aromatic heterocycles. The van der Waals surface area contributed by atoms with E-state index in [1.165, 1.54) is 6.08 Å². The maximum absolute atomic E-state index is 14.0. The number of nitrogens with zero attached hydrogens (tertiary/aromatic N) is 1. The van der Waals surface area contributed by atoms with Crippen LogP contribution in [0.5, 0.6) is 11.5 Å². The number of benzene rings is 1. The van der Waals surface area contributed by atoms with Gasteiger partial charge >= 0.3 is 0 Å². The summed E-state index contributed by atoms with van der Waals surface area (Å²) in [6, 6.07) is 4.89. The molecule has 0 bridgehead atoms. The molecule has 2 fully saturated rings. The molecule has 0 radical (unpaired) electrons. The minimum atomic E-state index is -0.521. The molecule has 2 amide bonds. The van der Waals surface area contributed by atoms with Gasteiger partial charge in [0.1, 0.15) is 11.5 Å². The average Bonchev–Trinajstić information content (AvgIpc) is 3.20. The number of hydrogen-bond donors (Lipinski definition) is 1. The third-order valence-electron chi connectivity index (χ3n) is 9.69. The van der Waals surface area contributed by atoms with E-state index in [1.807, 2.05) is 0 Å². The summed E-state index contributed by atoms with van der Waals surface area (Å²) in [7, 11) is 0. The number of fused-ring (bicyclic) bond motifs is 4. The highest BCUT2D eigenvalue weighted by atomic mass is 16.5. The summed E-state index contributed by atoms with van der Waals surface area (Å²) in [5, 5.41) is 10.1. The number of amides is 2. The minimum absolute atomic E-state index is 0.0379. The van der Waals surface area contributed by atoms with Gasteiger partial charge in [0.2, 0.25) is 11.8 Å². The second-order valence-corrected chi connectivity index (χ2v) is 11.8. The molecular formula is C32H31NO6. The Kier molecular flexibility index (Phi) is 5.55. The molecule has 1 saturated carbocycles. The monoisotopic (exact) mass is 525 g/mol. The van der Waals surface area contributed by atoms with Gasteiger partial charge in [-0.15, -0.1) is 0 Å². The van der Waals surface area contributed by atoms with E-state index in [0.717, 1.165) is 48.8 Å². The summed E-state index contributed by atoms with van der Waals surface area (Å²) in [5.41, 5.74) is 3.88. The Balaban J connectivity index is 1.31. The van der Waals surface area contributed by atoms with E-state index in [-0.39, 0.29) is 47.5 Å². The molecule has 4 atom stereocenters. The fraction of sp³-hybridized carbons (Fsp3) is 0.438. The van der Waals surface area contributed by atoms with Crippen LogP contribution in [0.1, 0.15) is 57.4 Å². The highest BCUT2D eigenvalue weighted by Crippen LogP contribution is 2.55. The first kappa shape index (κ1) is 24.3. The number of allylic oxidation sites excluding steroid dienone is 7. The molecule has 1 N–H and O–H groups in total. The lowest BCUT2D eigenvalue weighted by Crippen LogP contribution is -2.43. The summed E-state index contributed by atoms with van der Waals surface area (Å²) < 4.78 is 5.95. The number of imide groups is 1. The molecule has 0 unspecified atom stereocenters. The summed E-state index contributed by atoms with van der Waals surface area (Å²) in [6.45, 7) is 1.67. The molecule has 39 heavy (non-hydrogen) atoms. The summed E-state index contributed by atoms with van der Waals surface area (Å²) in [5.74, 6) is -1.55. The van der Waals surface area contributed by atoms with E-state index in [0.29, 0.717) is 35.3 Å². The molecule has 6 aliphatic rings. The lowest BCUT2D eigenvalue weighted by atomic mass is 9.58. The molecule has 7 nitrogen and oxygen atoms in total. The standard InChI is InChI=1S/C32H31NO6/c1-16-11-25(35)24-14-23-21(8-9-22-28(23)32(38)33(31(22)37)19-5-3-2-4-6-19)27(29(24)30(16)36)18-12-17-13-20(34)7-10-26(17)39-15-18/h7-8,10-11,13,15,19,22-23,27-28,34H,2-6,9,12,14H2,1H3/t22-,23+,27-,28-/m0/s1. The van der Waals surface area contributed by atoms with Crippen LogP contribution in [-0.4, -0.2) is 39.4 Å². The largest absolute Gasteiger partial charge is 0.508 e. The van der Waals surface area contributed by atoms with Crippen LogP contribution in [-0.2, 0) is 25.6 Å². The predicted octanol–water partition coefficient (Wildman–Crippen LogP) is 4.51. The van der Waals surface area contributed by atoms with Crippen LogP contribution in [0, 0.1) is 23.7 Å². The Morgan fingerprint density at radius 1 is 1.00 bits per heavy atom. The van der Waals surface area contributed by atoms with Crippen molar-refractivity contribution in [2.24, 2.45) is 23.7 Å². The highest BCUT2D eigenvalue weighted by molar-refractivity contribution is 6.23. The number of phenols is 1. The third kappa shape index (κ3) is 3.62. The molecule has 0 spiro atoms. The smallest absolute Gasteiger partial charge is 0.233 e. The molecule has 1 saturated heterocycles. The van der Waals surface area contributed by atoms with Gasteiger partial charge < -0.3 is 9.84 Å². The molecule has 200 valence electrons. The lowest BCUT2D eigenvalue weighted by molar-refractivity contribution is -0.143. The molecule has 1 aromatic carbocycles. The van der Waals surface area contributed by atoms with Crippen molar-refractivity contribution in [3.63, 3.8) is 0 Å². The van der Waals surface area contributed by atoms with Crippen molar-refractivity contribution < 1.29 is 29.0 Å². The van der Waals surface area contributed by atoms with Crippen molar-refractivity contribution in [1.82, 2.24) is 4.90 Å². The van der Waals surface area contributed by atoms with Gasteiger partial charge in [0.05, 0.1) is 18.1 Å². The van der Waals surface area contributed by atoms with Crippen molar-refractivity contribution in [3.8, 4) is 11.5 Å². The van der Waals surface area contributed by atoms with Gasteiger partial charge in [0.15, 0.2) is 11.6 Å². The molecule has 2 aliphatic heterocycles. The number of phenolic OH excluding ortho intramolecular Hbond substituents is 1. The zero-order chi connectivity index (χ0) is 27.0. The maximum Gasteiger partial charge on any atom is 0.233 e. The molecule has 2 heterocycles. The Bertz CT molecular complexity index is 1470. The van der Waals surface area contributed by atoms with E-state index < -0.39 is 17.8 Å². The summed E-state index contributed by atoms with van der Waals surface area (Å²) in [6.07, 6.45) is 11.2. The first-order valence-electron chi connectivity index (χ1n) is 14.1. The Labute approximate surface area is 226 Å².